The molecule has 3 rings (SSSR count). The number of likely N-dealkylation sites (tertiary alicyclic amines) is 1. The maximum absolute atomic E-state index is 10.1. The molecule has 3 nitrogen and oxygen atoms in total. The van der Waals surface area contributed by atoms with E-state index in [0.717, 1.165) is 55.2 Å². The Balaban J connectivity index is 1.58. The summed E-state index contributed by atoms with van der Waals surface area (Å²) in [6, 6.07) is 18.3. The van der Waals surface area contributed by atoms with Gasteiger partial charge >= 0.3 is 0 Å². The molecular weight excluding hydrogens is 358 g/mol. The molecule has 1 saturated heterocycles. The van der Waals surface area contributed by atoms with E-state index in [0.29, 0.717) is 0 Å². The SMILES string of the molecule is COc1cccc(CC2(CO)CCN(CC(Cl)=Cc3ccccc3)CC2)c1. The molecule has 0 bridgehead atoms. The zero-order valence-electron chi connectivity index (χ0n) is 15.9. The molecular formula is C23H28ClNO2. The van der Waals surface area contributed by atoms with Gasteiger partial charge in [-0.3, -0.25) is 4.90 Å². The summed E-state index contributed by atoms with van der Waals surface area (Å²) in [7, 11) is 1.69. The van der Waals surface area contributed by atoms with Crippen LogP contribution in [0, 0.1) is 5.41 Å². The number of ether oxygens (including phenoxy) is 1. The van der Waals surface area contributed by atoms with Gasteiger partial charge in [-0.1, -0.05) is 54.1 Å². The number of aliphatic hydroxyl groups excluding tert-OH is 1. The molecule has 1 fully saturated rings. The molecule has 0 amide bonds. The summed E-state index contributed by atoms with van der Waals surface area (Å²) in [4.78, 5) is 2.38. The predicted octanol–water partition coefficient (Wildman–Crippen LogP) is 4.59. The van der Waals surface area contributed by atoms with Gasteiger partial charge in [0, 0.05) is 18.2 Å². The van der Waals surface area contributed by atoms with Crippen LogP contribution in [-0.4, -0.2) is 43.4 Å². The normalized spacial score (nSPS) is 17.7. The lowest BCUT2D eigenvalue weighted by Gasteiger charge is -2.41. The molecule has 27 heavy (non-hydrogen) atoms. The zero-order valence-corrected chi connectivity index (χ0v) is 16.7. The van der Waals surface area contributed by atoms with Crippen molar-refractivity contribution in [3.63, 3.8) is 0 Å². The van der Waals surface area contributed by atoms with Gasteiger partial charge in [-0.2, -0.15) is 0 Å². The van der Waals surface area contributed by atoms with Gasteiger partial charge in [0.15, 0.2) is 0 Å². The number of halogens is 1. The average molecular weight is 386 g/mol. The fourth-order valence-electron chi connectivity index (χ4n) is 3.78. The molecule has 4 heteroatoms. The fraction of sp³-hybridized carbons (Fsp3) is 0.391. The van der Waals surface area contributed by atoms with Crippen molar-refractivity contribution in [3.8, 4) is 5.75 Å². The van der Waals surface area contributed by atoms with Crippen molar-refractivity contribution < 1.29 is 9.84 Å². The zero-order chi connectivity index (χ0) is 19.1. The van der Waals surface area contributed by atoms with E-state index in [1.807, 2.05) is 36.4 Å². The number of methoxy groups -OCH3 is 1. The fourth-order valence-corrected chi connectivity index (χ4v) is 4.08. The third kappa shape index (κ3) is 5.58. The van der Waals surface area contributed by atoms with Gasteiger partial charge in [0.25, 0.3) is 0 Å². The molecule has 1 aliphatic heterocycles. The molecule has 0 aromatic heterocycles. The van der Waals surface area contributed by atoms with Gasteiger partial charge in [0.2, 0.25) is 0 Å². The standard InChI is InChI=1S/C23H28ClNO2/c1-27-22-9-5-8-20(15-22)16-23(18-26)10-12-25(13-11-23)17-21(24)14-19-6-3-2-4-7-19/h2-9,14-15,26H,10-13,16-18H2,1H3. The predicted molar refractivity (Wildman–Crippen MR) is 112 cm³/mol. The van der Waals surface area contributed by atoms with Gasteiger partial charge in [-0.25, -0.2) is 0 Å². The lowest BCUT2D eigenvalue weighted by molar-refractivity contribution is 0.0480. The molecule has 2 aromatic rings. The van der Waals surface area contributed by atoms with Crippen LogP contribution < -0.4 is 4.74 Å². The van der Waals surface area contributed by atoms with Crippen molar-refractivity contribution in [2.75, 3.05) is 33.4 Å². The monoisotopic (exact) mass is 385 g/mol. The smallest absolute Gasteiger partial charge is 0.119 e. The number of nitrogens with zero attached hydrogens (tertiary/aromatic N) is 1. The number of rotatable bonds is 7. The van der Waals surface area contributed by atoms with E-state index in [1.165, 1.54) is 5.56 Å². The minimum absolute atomic E-state index is 0.0571. The van der Waals surface area contributed by atoms with Crippen molar-refractivity contribution >= 4 is 17.7 Å². The van der Waals surface area contributed by atoms with E-state index < -0.39 is 0 Å². The van der Waals surface area contributed by atoms with Crippen molar-refractivity contribution in [2.45, 2.75) is 19.3 Å². The van der Waals surface area contributed by atoms with Gasteiger partial charge < -0.3 is 9.84 Å². The number of hydrogen-bond acceptors (Lipinski definition) is 3. The average Bonchev–Trinajstić information content (AvgIpc) is 2.70. The minimum atomic E-state index is -0.0571. The van der Waals surface area contributed by atoms with Gasteiger partial charge in [0.1, 0.15) is 5.75 Å². The van der Waals surface area contributed by atoms with Gasteiger partial charge in [-0.15, -0.1) is 0 Å². The molecule has 0 spiro atoms. The lowest BCUT2D eigenvalue weighted by atomic mass is 9.74. The number of aliphatic hydroxyl groups is 1. The molecule has 144 valence electrons. The Morgan fingerprint density at radius 1 is 1.15 bits per heavy atom. The van der Waals surface area contributed by atoms with Crippen molar-refractivity contribution in [2.24, 2.45) is 5.41 Å². The van der Waals surface area contributed by atoms with Crippen LogP contribution in [0.2, 0.25) is 0 Å². The highest BCUT2D eigenvalue weighted by atomic mass is 35.5. The third-order valence-corrected chi connectivity index (χ3v) is 5.69. The third-order valence-electron chi connectivity index (χ3n) is 5.46. The molecule has 0 radical (unpaired) electrons. The van der Waals surface area contributed by atoms with E-state index in [4.69, 9.17) is 16.3 Å². The number of benzene rings is 2. The van der Waals surface area contributed by atoms with Crippen LogP contribution in [0.3, 0.4) is 0 Å². The van der Waals surface area contributed by atoms with Crippen LogP contribution >= 0.6 is 11.6 Å². The van der Waals surface area contributed by atoms with Crippen molar-refractivity contribution in [1.82, 2.24) is 4.90 Å². The molecule has 1 aliphatic rings. The first-order chi connectivity index (χ1) is 13.1. The van der Waals surface area contributed by atoms with E-state index in [1.54, 1.807) is 7.11 Å². The Kier molecular flexibility index (Phi) is 6.95. The van der Waals surface area contributed by atoms with Crippen LogP contribution in [0.25, 0.3) is 6.08 Å². The summed E-state index contributed by atoms with van der Waals surface area (Å²) in [6.07, 6.45) is 4.85. The van der Waals surface area contributed by atoms with Gasteiger partial charge in [0.05, 0.1) is 7.11 Å². The Morgan fingerprint density at radius 3 is 2.56 bits per heavy atom. The van der Waals surface area contributed by atoms with Crippen molar-refractivity contribution in [3.05, 3.63) is 70.8 Å². The van der Waals surface area contributed by atoms with Crippen LogP contribution in [0.4, 0.5) is 0 Å². The Bertz CT molecular complexity index is 752. The molecule has 1 heterocycles. The maximum Gasteiger partial charge on any atom is 0.119 e. The molecule has 0 atom stereocenters. The summed E-state index contributed by atoms with van der Waals surface area (Å²) in [5.41, 5.74) is 2.29. The Hall–Kier alpha value is -1.81. The topological polar surface area (TPSA) is 32.7 Å². The first-order valence-electron chi connectivity index (χ1n) is 9.50. The summed E-state index contributed by atoms with van der Waals surface area (Å²) in [5.74, 6) is 0.871. The van der Waals surface area contributed by atoms with Crippen molar-refractivity contribution in [1.29, 1.82) is 0 Å². The summed E-state index contributed by atoms with van der Waals surface area (Å²) in [6.45, 7) is 2.87. The van der Waals surface area contributed by atoms with Crippen LogP contribution in [0.5, 0.6) is 5.75 Å². The lowest BCUT2D eigenvalue weighted by Crippen LogP contribution is -2.43. The first kappa shape index (κ1) is 19.9. The summed E-state index contributed by atoms with van der Waals surface area (Å²) in [5, 5.41) is 11.0. The second kappa shape index (κ2) is 9.41. The van der Waals surface area contributed by atoms with E-state index in [2.05, 4.69) is 29.2 Å². The second-order valence-corrected chi connectivity index (χ2v) is 7.95. The Labute approximate surface area is 167 Å². The minimum Gasteiger partial charge on any atom is -0.497 e. The van der Waals surface area contributed by atoms with Crippen LogP contribution in [-0.2, 0) is 6.42 Å². The largest absolute Gasteiger partial charge is 0.497 e. The Morgan fingerprint density at radius 2 is 1.89 bits per heavy atom. The highest BCUT2D eigenvalue weighted by Crippen LogP contribution is 2.35. The quantitative estimate of drug-likeness (QED) is 0.756. The maximum atomic E-state index is 10.1. The molecule has 0 aliphatic carbocycles. The summed E-state index contributed by atoms with van der Waals surface area (Å²) >= 11 is 6.47. The molecule has 2 aromatic carbocycles. The second-order valence-electron chi connectivity index (χ2n) is 7.46. The first-order valence-corrected chi connectivity index (χ1v) is 9.87. The van der Waals surface area contributed by atoms with E-state index in [9.17, 15) is 5.11 Å². The van der Waals surface area contributed by atoms with E-state index >= 15 is 0 Å². The molecule has 0 unspecified atom stereocenters. The van der Waals surface area contributed by atoms with Crippen LogP contribution in [0.15, 0.2) is 59.6 Å². The highest BCUT2D eigenvalue weighted by molar-refractivity contribution is 6.31. The number of hydrogen-bond donors (Lipinski definition) is 1. The molecule has 0 saturated carbocycles. The number of piperidine rings is 1. The molecule has 1 N–H and O–H groups in total. The van der Waals surface area contributed by atoms with Gasteiger partial charge in [-0.05, 0) is 67.1 Å². The highest BCUT2D eigenvalue weighted by Gasteiger charge is 2.34. The summed E-state index contributed by atoms with van der Waals surface area (Å²) < 4.78 is 5.33. The van der Waals surface area contributed by atoms with E-state index in [-0.39, 0.29) is 12.0 Å². The van der Waals surface area contributed by atoms with Crippen LogP contribution in [0.1, 0.15) is 24.0 Å².